The zero-order chi connectivity index (χ0) is 53.1. The summed E-state index contributed by atoms with van der Waals surface area (Å²) in [6.45, 7) is 14.8. The fourth-order valence-corrected chi connectivity index (χ4v) is 10.9. The van der Waals surface area contributed by atoms with Crippen LogP contribution in [0.2, 0.25) is 0 Å². The molecule has 0 aliphatic carbocycles. The van der Waals surface area contributed by atoms with E-state index in [4.69, 9.17) is 11.5 Å². The molecule has 0 aromatic heterocycles. The molecule has 0 saturated carbocycles. The number of amides is 10. The van der Waals surface area contributed by atoms with Gasteiger partial charge < -0.3 is 63.8 Å². The highest BCUT2D eigenvalue weighted by atomic mass is 16.2. The normalized spacial score (nSPS) is 32.0. The molecule has 12 atom stereocenters. The van der Waals surface area contributed by atoms with Crippen LogP contribution in [0.15, 0.2) is 0 Å². The minimum Gasteiger partial charge on any atom is -0.343 e. The van der Waals surface area contributed by atoms with Gasteiger partial charge in [-0.25, -0.2) is 0 Å². The van der Waals surface area contributed by atoms with Crippen LogP contribution >= 0.6 is 0 Å². The van der Waals surface area contributed by atoms with E-state index < -0.39 is 131 Å². The first-order valence-electron chi connectivity index (χ1n) is 26.5. The van der Waals surface area contributed by atoms with E-state index >= 15 is 0 Å². The molecule has 72 heavy (non-hydrogen) atoms. The van der Waals surface area contributed by atoms with Crippen molar-refractivity contribution < 1.29 is 47.9 Å². The van der Waals surface area contributed by atoms with Crippen LogP contribution in [-0.4, -0.2) is 154 Å². The third kappa shape index (κ3) is 14.4. The molecule has 5 heterocycles. The lowest BCUT2D eigenvalue weighted by Gasteiger charge is -2.39. The Hall–Kier alpha value is -5.38. The summed E-state index contributed by atoms with van der Waals surface area (Å²) < 4.78 is 0. The Morgan fingerprint density at radius 2 is 0.722 bits per heavy atom. The Morgan fingerprint density at radius 1 is 0.403 bits per heavy atom. The summed E-state index contributed by atoms with van der Waals surface area (Å²) in [6.07, 6.45) is 4.48. The molecule has 5 aliphatic rings. The summed E-state index contributed by atoms with van der Waals surface area (Å²) in [5, 5.41) is 22.6. The van der Waals surface area contributed by atoms with Crippen LogP contribution in [0.25, 0.3) is 0 Å². The minimum atomic E-state index is -1.16. The van der Waals surface area contributed by atoms with Gasteiger partial charge in [-0.15, -0.1) is 0 Å². The van der Waals surface area contributed by atoms with Gasteiger partial charge in [0, 0.05) is 12.1 Å². The standard InChI is InChI=1S/C50H84N12O10/c1-25(2)23-35-43(65)55-33-17-13-29-15-19-37(61(29)49(33)71)45(67)60-40(28(7)8)48(70)54-32(12-10-22-52)42(64)58-36(24-26(3)4)44(66)56-34-18-14-30-16-20-38(62(30)50(34)72)46(68)59-39(27(5)6)47(69)53-31(11-9-21-51)41(63)57-35/h25-40H,9-24,51-52H2,1-8H3,(H,53,69)(H,54,70)(H,55,65)(H,56,66)(H,57,63)(H,58,64)(H,59,68)(H,60,67)/t29-,30-,31-,32+,33-,34-,35-,36-,37-,38-,39-,40-/m0/s1. The van der Waals surface area contributed by atoms with Crippen molar-refractivity contribution in [3.63, 3.8) is 0 Å². The van der Waals surface area contributed by atoms with Gasteiger partial charge in [-0.2, -0.15) is 0 Å². The van der Waals surface area contributed by atoms with Crippen LogP contribution in [0.4, 0.5) is 0 Å². The number of fused-ring (bicyclic) bond motifs is 2. The average molecular weight is 1010 g/mol. The summed E-state index contributed by atoms with van der Waals surface area (Å²) in [5.74, 6) is -7.05. The Morgan fingerprint density at radius 3 is 1.04 bits per heavy atom. The maximum absolute atomic E-state index is 14.3. The van der Waals surface area contributed by atoms with Crippen molar-refractivity contribution in [3.05, 3.63) is 0 Å². The SMILES string of the molecule is CC(C)C[C@@H]1NC(=O)[C@H](CCCN)NC(=O)[C@H](C(C)C)NC(=O)[C@@H]2CC[C@@H]3CC[C@H](NC(=O)[C@H](CC(C)C)NC(=O)[C@@H](CCCN)NC(=O)[C@H](C(C)C)NC(=O)[C@@H]4CC[C@@H]5CC[C@H](NC1=O)C(=O)N54)C(=O)N32. The van der Waals surface area contributed by atoms with Crippen molar-refractivity contribution >= 4 is 59.1 Å². The highest BCUT2D eigenvalue weighted by Crippen LogP contribution is 2.34. The summed E-state index contributed by atoms with van der Waals surface area (Å²) in [5.41, 5.74) is 11.7. The second-order valence-electron chi connectivity index (χ2n) is 22.1. The second kappa shape index (κ2) is 26.0. The van der Waals surface area contributed by atoms with Gasteiger partial charge in [0.05, 0.1) is 0 Å². The molecule has 0 aromatic rings. The molecule has 0 spiro atoms. The first-order chi connectivity index (χ1) is 34.1. The minimum absolute atomic E-state index is 0.0914. The van der Waals surface area contributed by atoms with Crippen LogP contribution in [0.3, 0.4) is 0 Å². The van der Waals surface area contributed by atoms with Gasteiger partial charge in [-0.05, 0) is 127 Å². The quantitative estimate of drug-likeness (QED) is 0.113. The van der Waals surface area contributed by atoms with Crippen molar-refractivity contribution in [3.8, 4) is 0 Å². The van der Waals surface area contributed by atoms with E-state index in [9.17, 15) is 47.9 Å². The summed E-state index contributed by atoms with van der Waals surface area (Å²) in [6, 6.07) is -11.4. The van der Waals surface area contributed by atoms with Crippen molar-refractivity contribution in [1.82, 2.24) is 52.3 Å². The predicted octanol–water partition coefficient (Wildman–Crippen LogP) is -0.933. The smallest absolute Gasteiger partial charge is 0.246 e. The van der Waals surface area contributed by atoms with Crippen LogP contribution in [0.1, 0.15) is 145 Å². The molecule has 5 saturated heterocycles. The van der Waals surface area contributed by atoms with Crippen LogP contribution in [0.5, 0.6) is 0 Å². The molecule has 22 heteroatoms. The van der Waals surface area contributed by atoms with Crippen LogP contribution in [-0.2, 0) is 47.9 Å². The Labute approximate surface area is 424 Å². The Balaban J connectivity index is 1.50. The third-order valence-corrected chi connectivity index (χ3v) is 14.8. The lowest BCUT2D eigenvalue weighted by molar-refractivity contribution is -0.147. The third-order valence-electron chi connectivity index (χ3n) is 14.8. The number of carbonyl (C=O) groups is 10. The molecule has 4 bridgehead atoms. The van der Waals surface area contributed by atoms with Crippen molar-refractivity contribution in [2.45, 2.75) is 218 Å². The maximum Gasteiger partial charge on any atom is 0.246 e. The second-order valence-corrected chi connectivity index (χ2v) is 22.1. The molecule has 404 valence electrons. The predicted molar refractivity (Wildman–Crippen MR) is 266 cm³/mol. The van der Waals surface area contributed by atoms with Crippen LogP contribution in [0, 0.1) is 23.7 Å². The number of piperidine rings is 2. The molecule has 22 nitrogen and oxygen atoms in total. The Bertz CT molecular complexity index is 1860. The van der Waals surface area contributed by atoms with Gasteiger partial charge >= 0.3 is 0 Å². The molecule has 10 amide bonds. The number of carbonyl (C=O) groups excluding carboxylic acids is 10. The van der Waals surface area contributed by atoms with E-state index in [-0.39, 0.29) is 75.5 Å². The van der Waals surface area contributed by atoms with Gasteiger partial charge in [0.1, 0.15) is 60.4 Å². The van der Waals surface area contributed by atoms with E-state index in [1.807, 2.05) is 27.7 Å². The number of hydrogen-bond donors (Lipinski definition) is 10. The molecule has 5 aliphatic heterocycles. The van der Waals surface area contributed by atoms with E-state index in [0.29, 0.717) is 51.4 Å². The molecular weight excluding hydrogens is 929 g/mol. The highest BCUT2D eigenvalue weighted by Gasteiger charge is 2.49. The number of nitrogens with one attached hydrogen (secondary N) is 8. The fourth-order valence-electron chi connectivity index (χ4n) is 10.9. The zero-order valence-corrected chi connectivity index (χ0v) is 43.7. The molecule has 12 N–H and O–H groups in total. The lowest BCUT2D eigenvalue weighted by atomic mass is 9.96. The highest BCUT2D eigenvalue weighted by molar-refractivity contribution is 6.00. The largest absolute Gasteiger partial charge is 0.343 e. The van der Waals surface area contributed by atoms with Gasteiger partial charge in [0.15, 0.2) is 0 Å². The monoisotopic (exact) mass is 1010 g/mol. The van der Waals surface area contributed by atoms with E-state index in [2.05, 4.69) is 42.5 Å². The van der Waals surface area contributed by atoms with E-state index in [1.54, 1.807) is 27.7 Å². The molecule has 5 rings (SSSR count). The van der Waals surface area contributed by atoms with E-state index in [0.717, 1.165) is 0 Å². The average Bonchev–Trinajstić information content (AvgIpc) is 3.96. The first-order valence-corrected chi connectivity index (χ1v) is 26.5. The summed E-state index contributed by atoms with van der Waals surface area (Å²) in [7, 11) is 0. The van der Waals surface area contributed by atoms with Crippen molar-refractivity contribution in [1.29, 1.82) is 0 Å². The lowest BCUT2D eigenvalue weighted by Crippen LogP contribution is -2.64. The number of rotatable bonds is 12. The molecule has 0 unspecified atom stereocenters. The molecule has 0 aromatic carbocycles. The Kier molecular flexibility index (Phi) is 20.8. The van der Waals surface area contributed by atoms with Crippen molar-refractivity contribution in [2.75, 3.05) is 13.1 Å². The maximum atomic E-state index is 14.3. The zero-order valence-electron chi connectivity index (χ0n) is 43.7. The van der Waals surface area contributed by atoms with Gasteiger partial charge in [0.2, 0.25) is 59.1 Å². The van der Waals surface area contributed by atoms with Crippen LogP contribution < -0.4 is 54.0 Å². The van der Waals surface area contributed by atoms with Gasteiger partial charge in [-0.1, -0.05) is 55.4 Å². The number of hydrogen-bond acceptors (Lipinski definition) is 12. The summed E-state index contributed by atoms with van der Waals surface area (Å²) in [4.78, 5) is 145. The molecular formula is C50H84N12O10. The topological polar surface area (TPSA) is 325 Å². The van der Waals surface area contributed by atoms with Gasteiger partial charge in [-0.3, -0.25) is 47.9 Å². The summed E-state index contributed by atoms with van der Waals surface area (Å²) >= 11 is 0. The number of nitrogens with zero attached hydrogens (tertiary/aromatic N) is 2. The van der Waals surface area contributed by atoms with Crippen molar-refractivity contribution in [2.24, 2.45) is 35.1 Å². The number of nitrogens with two attached hydrogens (primary N) is 2. The van der Waals surface area contributed by atoms with Gasteiger partial charge in [0.25, 0.3) is 0 Å². The fraction of sp³-hybridized carbons (Fsp3) is 0.800. The first kappa shape index (κ1) is 57.5. The molecule has 0 radical (unpaired) electrons. The molecule has 5 fully saturated rings. The van der Waals surface area contributed by atoms with E-state index in [1.165, 1.54) is 9.80 Å².